The highest BCUT2D eigenvalue weighted by Gasteiger charge is 2.21. The Balaban J connectivity index is 2.17. The predicted molar refractivity (Wildman–Crippen MR) is 81.6 cm³/mol. The minimum Gasteiger partial charge on any atom is -0.493 e. The van der Waals surface area contributed by atoms with E-state index in [9.17, 15) is 0 Å². The number of benzene rings is 1. The molecule has 0 saturated carbocycles. The van der Waals surface area contributed by atoms with Gasteiger partial charge in [0.25, 0.3) is 0 Å². The van der Waals surface area contributed by atoms with Crippen LogP contribution in [0, 0.1) is 0 Å². The van der Waals surface area contributed by atoms with Gasteiger partial charge in [-0.25, -0.2) is 0 Å². The van der Waals surface area contributed by atoms with Gasteiger partial charge in [0.1, 0.15) is 0 Å². The molecule has 1 aliphatic heterocycles. The maximum Gasteiger partial charge on any atom is 0.163 e. The van der Waals surface area contributed by atoms with Crippen molar-refractivity contribution in [2.24, 2.45) is 5.73 Å². The van der Waals surface area contributed by atoms with E-state index in [1.165, 1.54) is 0 Å². The molecule has 0 spiro atoms. The van der Waals surface area contributed by atoms with Crippen molar-refractivity contribution < 1.29 is 9.47 Å². The van der Waals surface area contributed by atoms with Gasteiger partial charge < -0.3 is 15.2 Å². The lowest BCUT2D eigenvalue weighted by molar-refractivity contribution is 0.229. The Hall–Kier alpha value is -0.970. The van der Waals surface area contributed by atoms with Crippen LogP contribution in [0.2, 0.25) is 5.02 Å². The zero-order chi connectivity index (χ0) is 14.7. The highest BCUT2D eigenvalue weighted by atomic mass is 35.5. The summed E-state index contributed by atoms with van der Waals surface area (Å²) in [7, 11) is 1.64. The lowest BCUT2D eigenvalue weighted by Gasteiger charge is -2.19. The number of hydrogen-bond acceptors (Lipinski definition) is 4. The SMILES string of the molecule is COc1cc(CN2CC[C@H](N)C2)c(Cl)cc1OC(C)C. The third kappa shape index (κ3) is 3.78. The average Bonchev–Trinajstić information content (AvgIpc) is 2.77. The average molecular weight is 299 g/mol. The van der Waals surface area contributed by atoms with Crippen LogP contribution in [0.1, 0.15) is 25.8 Å². The van der Waals surface area contributed by atoms with Crippen molar-refractivity contribution in [3.05, 3.63) is 22.7 Å². The first-order valence-corrected chi connectivity index (χ1v) is 7.38. The molecule has 1 aliphatic rings. The maximum atomic E-state index is 6.36. The van der Waals surface area contributed by atoms with E-state index in [2.05, 4.69) is 4.90 Å². The van der Waals surface area contributed by atoms with Crippen LogP contribution in [0.5, 0.6) is 11.5 Å². The molecule has 0 unspecified atom stereocenters. The standard InChI is InChI=1S/C15H23ClN2O2/c1-10(2)20-15-7-13(16)11(6-14(15)19-3)8-18-5-4-12(17)9-18/h6-7,10,12H,4-5,8-9,17H2,1-3H3/t12-/m0/s1. The summed E-state index contributed by atoms with van der Waals surface area (Å²) in [6.45, 7) is 6.69. The Morgan fingerprint density at radius 2 is 2.15 bits per heavy atom. The fourth-order valence-electron chi connectivity index (χ4n) is 2.45. The van der Waals surface area contributed by atoms with E-state index in [1.54, 1.807) is 7.11 Å². The third-order valence-electron chi connectivity index (χ3n) is 3.40. The summed E-state index contributed by atoms with van der Waals surface area (Å²) < 4.78 is 11.1. The van der Waals surface area contributed by atoms with E-state index in [0.717, 1.165) is 37.4 Å². The van der Waals surface area contributed by atoms with Gasteiger partial charge in [-0.05, 0) is 31.9 Å². The predicted octanol–water partition coefficient (Wildman–Crippen LogP) is 2.67. The van der Waals surface area contributed by atoms with Gasteiger partial charge in [0.05, 0.1) is 13.2 Å². The molecule has 1 atom stereocenters. The number of hydrogen-bond donors (Lipinski definition) is 1. The lowest BCUT2D eigenvalue weighted by Crippen LogP contribution is -2.26. The molecule has 0 bridgehead atoms. The van der Waals surface area contributed by atoms with E-state index < -0.39 is 0 Å². The maximum absolute atomic E-state index is 6.36. The lowest BCUT2D eigenvalue weighted by atomic mass is 10.2. The van der Waals surface area contributed by atoms with Crippen LogP contribution in [0.15, 0.2) is 12.1 Å². The number of methoxy groups -OCH3 is 1. The number of nitrogens with zero attached hydrogens (tertiary/aromatic N) is 1. The molecule has 20 heavy (non-hydrogen) atoms. The molecule has 0 radical (unpaired) electrons. The van der Waals surface area contributed by atoms with Crippen molar-refractivity contribution in [1.82, 2.24) is 4.90 Å². The van der Waals surface area contributed by atoms with Crippen molar-refractivity contribution in [2.45, 2.75) is 39.0 Å². The Morgan fingerprint density at radius 3 is 2.70 bits per heavy atom. The molecular weight excluding hydrogens is 276 g/mol. The molecule has 112 valence electrons. The van der Waals surface area contributed by atoms with E-state index >= 15 is 0 Å². The van der Waals surface area contributed by atoms with E-state index in [1.807, 2.05) is 26.0 Å². The van der Waals surface area contributed by atoms with Crippen LogP contribution >= 0.6 is 11.6 Å². The van der Waals surface area contributed by atoms with E-state index in [4.69, 9.17) is 26.8 Å². The first-order chi connectivity index (χ1) is 9.49. The number of rotatable bonds is 5. The minimum absolute atomic E-state index is 0.0856. The van der Waals surface area contributed by atoms with Crippen LogP contribution in [0.4, 0.5) is 0 Å². The zero-order valence-electron chi connectivity index (χ0n) is 12.4. The quantitative estimate of drug-likeness (QED) is 0.908. The second kappa shape index (κ2) is 6.66. The van der Waals surface area contributed by atoms with Crippen molar-refractivity contribution in [3.8, 4) is 11.5 Å². The van der Waals surface area contributed by atoms with Crippen molar-refractivity contribution >= 4 is 11.6 Å². The van der Waals surface area contributed by atoms with Gasteiger partial charge in [0.2, 0.25) is 0 Å². The second-order valence-electron chi connectivity index (χ2n) is 5.54. The number of nitrogens with two attached hydrogens (primary N) is 1. The number of halogens is 1. The molecule has 1 heterocycles. The van der Waals surface area contributed by atoms with Crippen LogP contribution in [-0.4, -0.2) is 37.2 Å². The summed E-state index contributed by atoms with van der Waals surface area (Å²) >= 11 is 6.36. The summed E-state index contributed by atoms with van der Waals surface area (Å²) in [5.41, 5.74) is 6.98. The summed E-state index contributed by atoms with van der Waals surface area (Å²) in [5, 5.41) is 0.710. The van der Waals surface area contributed by atoms with Gasteiger partial charge in [0.15, 0.2) is 11.5 Å². The first kappa shape index (κ1) is 15.4. The van der Waals surface area contributed by atoms with Gasteiger partial charge >= 0.3 is 0 Å². The molecule has 2 rings (SSSR count). The molecule has 4 nitrogen and oxygen atoms in total. The van der Waals surface area contributed by atoms with Crippen molar-refractivity contribution in [1.29, 1.82) is 0 Å². The van der Waals surface area contributed by atoms with Crippen LogP contribution in [-0.2, 0) is 6.54 Å². The normalized spacial score (nSPS) is 19.6. The minimum atomic E-state index is 0.0856. The van der Waals surface area contributed by atoms with Crippen molar-refractivity contribution in [3.63, 3.8) is 0 Å². The zero-order valence-corrected chi connectivity index (χ0v) is 13.1. The molecule has 5 heteroatoms. The molecule has 1 fully saturated rings. The van der Waals surface area contributed by atoms with Crippen LogP contribution in [0.3, 0.4) is 0 Å². The number of likely N-dealkylation sites (tertiary alicyclic amines) is 1. The number of ether oxygens (including phenoxy) is 2. The van der Waals surface area contributed by atoms with Gasteiger partial charge in [-0.1, -0.05) is 11.6 Å². The van der Waals surface area contributed by atoms with Crippen LogP contribution in [0.25, 0.3) is 0 Å². The van der Waals surface area contributed by atoms with Gasteiger partial charge in [-0.15, -0.1) is 0 Å². The summed E-state index contributed by atoms with van der Waals surface area (Å²) in [6.07, 6.45) is 1.13. The second-order valence-corrected chi connectivity index (χ2v) is 5.95. The fourth-order valence-corrected chi connectivity index (χ4v) is 2.66. The molecule has 1 aromatic carbocycles. The Labute approximate surface area is 125 Å². The largest absolute Gasteiger partial charge is 0.493 e. The molecule has 1 aromatic rings. The molecule has 0 aliphatic carbocycles. The smallest absolute Gasteiger partial charge is 0.163 e. The molecule has 0 amide bonds. The fraction of sp³-hybridized carbons (Fsp3) is 0.600. The van der Waals surface area contributed by atoms with Gasteiger partial charge in [-0.3, -0.25) is 4.90 Å². The van der Waals surface area contributed by atoms with E-state index in [-0.39, 0.29) is 12.1 Å². The van der Waals surface area contributed by atoms with Crippen LogP contribution < -0.4 is 15.2 Å². The highest BCUT2D eigenvalue weighted by Crippen LogP contribution is 2.34. The monoisotopic (exact) mass is 298 g/mol. The summed E-state index contributed by atoms with van der Waals surface area (Å²) in [6, 6.07) is 4.08. The van der Waals surface area contributed by atoms with E-state index in [0.29, 0.717) is 10.8 Å². The van der Waals surface area contributed by atoms with Gasteiger partial charge in [0, 0.05) is 36.8 Å². The van der Waals surface area contributed by atoms with Crippen molar-refractivity contribution in [2.75, 3.05) is 20.2 Å². The Morgan fingerprint density at radius 1 is 1.40 bits per heavy atom. The third-order valence-corrected chi connectivity index (χ3v) is 3.75. The molecule has 2 N–H and O–H groups in total. The van der Waals surface area contributed by atoms with Gasteiger partial charge in [-0.2, -0.15) is 0 Å². The first-order valence-electron chi connectivity index (χ1n) is 7.00. The molecule has 1 saturated heterocycles. The Kier molecular flexibility index (Phi) is 5.13. The topological polar surface area (TPSA) is 47.7 Å². The summed E-state index contributed by atoms with van der Waals surface area (Å²) in [4.78, 5) is 2.31. The molecule has 0 aromatic heterocycles. The Bertz CT molecular complexity index is 465. The molecular formula is C15H23ClN2O2. The highest BCUT2D eigenvalue weighted by molar-refractivity contribution is 6.31. The summed E-state index contributed by atoms with van der Waals surface area (Å²) in [5.74, 6) is 1.41.